The average Bonchev–Trinajstić information content (AvgIpc) is 2.61. The van der Waals surface area contributed by atoms with E-state index in [1.54, 1.807) is 6.92 Å². The molecule has 4 nitrogen and oxygen atoms in total. The normalized spacial score (nSPS) is 10.2. The minimum Gasteiger partial charge on any atom is -0.364 e. The van der Waals surface area contributed by atoms with Gasteiger partial charge in [0.25, 0.3) is 5.91 Å². The molecule has 15 heavy (non-hydrogen) atoms. The molecule has 2 N–H and O–H groups in total. The number of carbonyl (C=O) groups excluding carboxylic acids is 1. The molecule has 0 aliphatic rings. The van der Waals surface area contributed by atoms with E-state index in [9.17, 15) is 4.79 Å². The maximum atomic E-state index is 11.1. The van der Waals surface area contributed by atoms with E-state index < -0.39 is 5.91 Å². The second-order valence-corrected chi connectivity index (χ2v) is 3.19. The SMILES string of the molecule is Cc1onc(C(N)=O)c1-c1ccccc1. The van der Waals surface area contributed by atoms with E-state index in [1.165, 1.54) is 0 Å². The number of rotatable bonds is 2. The van der Waals surface area contributed by atoms with Crippen molar-refractivity contribution in [1.82, 2.24) is 5.16 Å². The van der Waals surface area contributed by atoms with E-state index >= 15 is 0 Å². The number of nitrogens with two attached hydrogens (primary N) is 1. The van der Waals surface area contributed by atoms with Crippen LogP contribution in [0.15, 0.2) is 34.9 Å². The molecule has 4 heteroatoms. The van der Waals surface area contributed by atoms with Crippen molar-refractivity contribution in [3.8, 4) is 11.1 Å². The summed E-state index contributed by atoms with van der Waals surface area (Å²) in [6, 6.07) is 9.42. The number of amides is 1. The molecule has 1 aromatic heterocycles. The second-order valence-electron chi connectivity index (χ2n) is 3.19. The number of benzene rings is 1. The van der Waals surface area contributed by atoms with E-state index in [2.05, 4.69) is 5.16 Å². The van der Waals surface area contributed by atoms with Crippen LogP contribution in [0.25, 0.3) is 11.1 Å². The maximum Gasteiger partial charge on any atom is 0.271 e. The Morgan fingerprint density at radius 1 is 1.33 bits per heavy atom. The lowest BCUT2D eigenvalue weighted by molar-refractivity contribution is 0.0992. The minimum absolute atomic E-state index is 0.179. The first kappa shape index (κ1) is 9.45. The largest absolute Gasteiger partial charge is 0.364 e. The molecule has 1 amide bonds. The van der Waals surface area contributed by atoms with Crippen LogP contribution in [0, 0.1) is 6.92 Å². The van der Waals surface area contributed by atoms with E-state index in [0.29, 0.717) is 11.3 Å². The Labute approximate surface area is 86.7 Å². The minimum atomic E-state index is -0.578. The molecule has 0 atom stereocenters. The molecule has 0 bridgehead atoms. The van der Waals surface area contributed by atoms with Gasteiger partial charge in [0.05, 0.1) is 5.56 Å². The van der Waals surface area contributed by atoms with Crippen molar-refractivity contribution in [3.05, 3.63) is 41.8 Å². The van der Waals surface area contributed by atoms with Gasteiger partial charge in [0.1, 0.15) is 5.76 Å². The van der Waals surface area contributed by atoms with Crippen molar-refractivity contribution in [3.63, 3.8) is 0 Å². The fourth-order valence-corrected chi connectivity index (χ4v) is 1.49. The predicted octanol–water partition coefficient (Wildman–Crippen LogP) is 1.75. The number of nitrogens with zero attached hydrogens (tertiary/aromatic N) is 1. The van der Waals surface area contributed by atoms with Crippen LogP contribution in [0.4, 0.5) is 0 Å². The summed E-state index contributed by atoms with van der Waals surface area (Å²) in [5.41, 5.74) is 6.93. The first-order valence-corrected chi connectivity index (χ1v) is 4.51. The highest BCUT2D eigenvalue weighted by Crippen LogP contribution is 2.26. The van der Waals surface area contributed by atoms with Gasteiger partial charge in [-0.25, -0.2) is 0 Å². The third-order valence-electron chi connectivity index (χ3n) is 2.16. The van der Waals surface area contributed by atoms with Gasteiger partial charge in [-0.2, -0.15) is 0 Å². The van der Waals surface area contributed by atoms with Gasteiger partial charge in [0.2, 0.25) is 0 Å². The molecule has 1 aromatic carbocycles. The summed E-state index contributed by atoms with van der Waals surface area (Å²) in [7, 11) is 0. The van der Waals surface area contributed by atoms with Crippen LogP contribution >= 0.6 is 0 Å². The highest BCUT2D eigenvalue weighted by molar-refractivity contribution is 5.98. The summed E-state index contributed by atoms with van der Waals surface area (Å²) >= 11 is 0. The van der Waals surface area contributed by atoms with Crippen LogP contribution in [-0.2, 0) is 0 Å². The molecular formula is C11H10N2O2. The van der Waals surface area contributed by atoms with E-state index in [-0.39, 0.29) is 5.69 Å². The highest BCUT2D eigenvalue weighted by atomic mass is 16.5. The van der Waals surface area contributed by atoms with E-state index in [1.807, 2.05) is 30.3 Å². The second kappa shape index (κ2) is 3.57. The summed E-state index contributed by atoms with van der Waals surface area (Å²) in [6.07, 6.45) is 0. The molecular weight excluding hydrogens is 192 g/mol. The maximum absolute atomic E-state index is 11.1. The number of hydrogen-bond acceptors (Lipinski definition) is 3. The van der Waals surface area contributed by atoms with Gasteiger partial charge < -0.3 is 10.3 Å². The molecule has 0 saturated carbocycles. The van der Waals surface area contributed by atoms with Crippen LogP contribution in [0.3, 0.4) is 0 Å². The van der Waals surface area contributed by atoms with Gasteiger partial charge >= 0.3 is 0 Å². The molecule has 0 aliphatic heterocycles. The quantitative estimate of drug-likeness (QED) is 0.806. The average molecular weight is 202 g/mol. The monoisotopic (exact) mass is 202 g/mol. The number of primary amides is 1. The number of aromatic nitrogens is 1. The summed E-state index contributed by atoms with van der Waals surface area (Å²) in [4.78, 5) is 11.1. The molecule has 0 aliphatic carbocycles. The van der Waals surface area contributed by atoms with Crippen molar-refractivity contribution in [2.45, 2.75) is 6.92 Å². The lowest BCUT2D eigenvalue weighted by Gasteiger charge is -1.98. The zero-order valence-electron chi connectivity index (χ0n) is 8.23. The van der Waals surface area contributed by atoms with Gasteiger partial charge in [0.15, 0.2) is 5.69 Å². The molecule has 0 radical (unpaired) electrons. The number of carbonyl (C=O) groups is 1. The summed E-state index contributed by atoms with van der Waals surface area (Å²) in [6.45, 7) is 1.75. The molecule has 1 heterocycles. The molecule has 76 valence electrons. The first-order valence-electron chi connectivity index (χ1n) is 4.51. The summed E-state index contributed by atoms with van der Waals surface area (Å²) in [5, 5.41) is 3.64. The van der Waals surface area contributed by atoms with Crippen molar-refractivity contribution >= 4 is 5.91 Å². The summed E-state index contributed by atoms with van der Waals surface area (Å²) in [5.74, 6) is 0.0145. The van der Waals surface area contributed by atoms with Crippen molar-refractivity contribution in [2.75, 3.05) is 0 Å². The van der Waals surface area contributed by atoms with Crippen LogP contribution in [-0.4, -0.2) is 11.1 Å². The van der Waals surface area contributed by atoms with Gasteiger partial charge in [-0.1, -0.05) is 35.5 Å². The van der Waals surface area contributed by atoms with Crippen molar-refractivity contribution in [2.24, 2.45) is 5.73 Å². The number of hydrogen-bond donors (Lipinski definition) is 1. The number of aryl methyl sites for hydroxylation is 1. The fourth-order valence-electron chi connectivity index (χ4n) is 1.49. The Bertz CT molecular complexity index is 489. The molecule has 0 spiro atoms. The van der Waals surface area contributed by atoms with Crippen LogP contribution < -0.4 is 5.73 Å². The van der Waals surface area contributed by atoms with Crippen molar-refractivity contribution < 1.29 is 9.32 Å². The Morgan fingerprint density at radius 2 is 2.00 bits per heavy atom. The predicted molar refractivity (Wildman–Crippen MR) is 55.2 cm³/mol. The fraction of sp³-hybridized carbons (Fsp3) is 0.0909. The molecule has 0 saturated heterocycles. The lowest BCUT2D eigenvalue weighted by Crippen LogP contribution is -2.12. The Morgan fingerprint density at radius 3 is 2.60 bits per heavy atom. The van der Waals surface area contributed by atoms with Gasteiger partial charge in [0, 0.05) is 0 Å². The molecule has 2 aromatic rings. The van der Waals surface area contributed by atoms with Crippen LogP contribution in [0.2, 0.25) is 0 Å². The Hall–Kier alpha value is -2.10. The van der Waals surface area contributed by atoms with Crippen LogP contribution in [0.5, 0.6) is 0 Å². The van der Waals surface area contributed by atoms with Crippen LogP contribution in [0.1, 0.15) is 16.2 Å². The Balaban J connectivity index is 2.62. The lowest BCUT2D eigenvalue weighted by atomic mass is 10.0. The van der Waals surface area contributed by atoms with Gasteiger partial charge in [-0.3, -0.25) is 4.79 Å². The van der Waals surface area contributed by atoms with Gasteiger partial charge in [-0.05, 0) is 12.5 Å². The van der Waals surface area contributed by atoms with Crippen molar-refractivity contribution in [1.29, 1.82) is 0 Å². The molecule has 2 rings (SSSR count). The highest BCUT2D eigenvalue weighted by Gasteiger charge is 2.18. The standard InChI is InChI=1S/C11H10N2O2/c1-7-9(8-5-3-2-4-6-8)10(11(12)14)13-15-7/h2-6H,1H3,(H2,12,14). The smallest absolute Gasteiger partial charge is 0.271 e. The topological polar surface area (TPSA) is 69.1 Å². The zero-order chi connectivity index (χ0) is 10.8. The summed E-state index contributed by atoms with van der Waals surface area (Å²) < 4.78 is 4.96. The van der Waals surface area contributed by atoms with E-state index in [0.717, 1.165) is 5.56 Å². The third-order valence-corrected chi connectivity index (χ3v) is 2.16. The Kier molecular flexibility index (Phi) is 2.25. The third kappa shape index (κ3) is 1.61. The van der Waals surface area contributed by atoms with E-state index in [4.69, 9.17) is 10.3 Å². The molecule has 0 unspecified atom stereocenters. The first-order chi connectivity index (χ1) is 7.20. The zero-order valence-corrected chi connectivity index (χ0v) is 8.23. The molecule has 0 fully saturated rings. The van der Waals surface area contributed by atoms with Gasteiger partial charge in [-0.15, -0.1) is 0 Å².